The number of hydrogen-bond acceptors (Lipinski definition) is 3. The molecule has 1 amide bonds. The first-order valence-corrected chi connectivity index (χ1v) is 8.26. The molecule has 0 fully saturated rings. The van der Waals surface area contributed by atoms with Crippen LogP contribution in [0.5, 0.6) is 5.75 Å². The van der Waals surface area contributed by atoms with E-state index in [-0.39, 0.29) is 23.8 Å². The van der Waals surface area contributed by atoms with Crippen molar-refractivity contribution >= 4 is 28.4 Å². The molecule has 27 heavy (non-hydrogen) atoms. The van der Waals surface area contributed by atoms with Crippen LogP contribution in [0.3, 0.4) is 0 Å². The molecule has 3 aromatic rings. The number of aromatic nitrogens is 1. The molecule has 2 aromatic carbocycles. The van der Waals surface area contributed by atoms with E-state index in [1.54, 1.807) is 36.4 Å². The second kappa shape index (κ2) is 7.44. The van der Waals surface area contributed by atoms with Crippen LogP contribution in [0.2, 0.25) is 5.15 Å². The minimum atomic E-state index is -4.80. The molecule has 1 aromatic heterocycles. The van der Waals surface area contributed by atoms with Crippen molar-refractivity contribution in [3.8, 4) is 5.75 Å². The summed E-state index contributed by atoms with van der Waals surface area (Å²) < 4.78 is 41.7. The summed E-state index contributed by atoms with van der Waals surface area (Å²) in [6, 6.07) is 14.0. The Bertz CT molecular complexity index is 992. The first-order valence-electron chi connectivity index (χ1n) is 7.88. The van der Waals surface area contributed by atoms with Crippen molar-refractivity contribution in [2.45, 2.75) is 12.9 Å². The van der Waals surface area contributed by atoms with Gasteiger partial charge in [0, 0.05) is 30.1 Å². The van der Waals surface area contributed by atoms with Crippen LogP contribution in [0.25, 0.3) is 10.9 Å². The van der Waals surface area contributed by atoms with Crippen LogP contribution in [0.4, 0.5) is 13.2 Å². The predicted molar refractivity (Wildman–Crippen MR) is 95.7 cm³/mol. The van der Waals surface area contributed by atoms with Crippen LogP contribution in [0, 0.1) is 0 Å². The van der Waals surface area contributed by atoms with Gasteiger partial charge in [-0.1, -0.05) is 29.8 Å². The van der Waals surface area contributed by atoms with Gasteiger partial charge in [0.2, 0.25) is 0 Å². The number of nitrogens with zero attached hydrogens (tertiary/aromatic N) is 2. The van der Waals surface area contributed by atoms with Crippen molar-refractivity contribution < 1.29 is 22.7 Å². The molecule has 3 rings (SSSR count). The van der Waals surface area contributed by atoms with Gasteiger partial charge in [0.15, 0.2) is 0 Å². The molecule has 0 aliphatic rings. The SMILES string of the molecule is CN(Cc1ccccc1OC(F)(F)F)C(=O)c1ccc2nc(Cl)ccc2c1. The fourth-order valence-electron chi connectivity index (χ4n) is 2.64. The normalized spacial score (nSPS) is 11.4. The van der Waals surface area contributed by atoms with Crippen molar-refractivity contribution in [1.29, 1.82) is 0 Å². The Balaban J connectivity index is 1.81. The Morgan fingerprint density at radius 1 is 1.15 bits per heavy atom. The number of para-hydroxylation sites is 1. The van der Waals surface area contributed by atoms with Crippen LogP contribution >= 0.6 is 11.6 Å². The molecular formula is C19H14ClF3N2O2. The van der Waals surface area contributed by atoms with Crippen LogP contribution in [0.1, 0.15) is 15.9 Å². The summed E-state index contributed by atoms with van der Waals surface area (Å²) >= 11 is 5.84. The van der Waals surface area contributed by atoms with Crippen LogP contribution in [-0.4, -0.2) is 29.2 Å². The zero-order chi connectivity index (χ0) is 19.6. The van der Waals surface area contributed by atoms with Crippen LogP contribution < -0.4 is 4.74 Å². The zero-order valence-corrected chi connectivity index (χ0v) is 14.9. The van der Waals surface area contributed by atoms with Crippen molar-refractivity contribution in [3.63, 3.8) is 0 Å². The van der Waals surface area contributed by atoms with E-state index < -0.39 is 6.36 Å². The maximum atomic E-state index is 12.7. The molecule has 0 spiro atoms. The Kier molecular flexibility index (Phi) is 5.23. The molecule has 4 nitrogen and oxygen atoms in total. The van der Waals surface area contributed by atoms with Gasteiger partial charge < -0.3 is 9.64 Å². The van der Waals surface area contributed by atoms with E-state index in [2.05, 4.69) is 9.72 Å². The third-order valence-corrected chi connectivity index (χ3v) is 4.07. The summed E-state index contributed by atoms with van der Waals surface area (Å²) in [5.41, 5.74) is 1.29. The van der Waals surface area contributed by atoms with Crippen molar-refractivity contribution in [2.75, 3.05) is 7.05 Å². The van der Waals surface area contributed by atoms with Crippen LogP contribution in [0.15, 0.2) is 54.6 Å². The van der Waals surface area contributed by atoms with E-state index in [1.165, 1.54) is 30.1 Å². The molecule has 0 unspecified atom stereocenters. The van der Waals surface area contributed by atoms with Gasteiger partial charge in [0.1, 0.15) is 10.9 Å². The van der Waals surface area contributed by atoms with E-state index in [0.29, 0.717) is 16.2 Å². The highest BCUT2D eigenvalue weighted by molar-refractivity contribution is 6.29. The molecule has 0 radical (unpaired) electrons. The van der Waals surface area contributed by atoms with E-state index in [9.17, 15) is 18.0 Å². The molecule has 1 heterocycles. The van der Waals surface area contributed by atoms with E-state index >= 15 is 0 Å². The van der Waals surface area contributed by atoms with E-state index in [0.717, 1.165) is 5.39 Å². The molecule has 140 valence electrons. The fraction of sp³-hybridized carbons (Fsp3) is 0.158. The van der Waals surface area contributed by atoms with Gasteiger partial charge in [-0.3, -0.25) is 4.79 Å². The van der Waals surface area contributed by atoms with Gasteiger partial charge >= 0.3 is 6.36 Å². The first-order chi connectivity index (χ1) is 12.7. The topological polar surface area (TPSA) is 42.4 Å². The largest absolute Gasteiger partial charge is 0.573 e. The van der Waals surface area contributed by atoms with Crippen LogP contribution in [-0.2, 0) is 6.54 Å². The monoisotopic (exact) mass is 394 g/mol. The molecule has 0 saturated carbocycles. The number of rotatable bonds is 4. The summed E-state index contributed by atoms with van der Waals surface area (Å²) in [7, 11) is 1.51. The predicted octanol–water partition coefficient (Wildman–Crippen LogP) is 5.06. The third-order valence-electron chi connectivity index (χ3n) is 3.85. The number of carbonyl (C=O) groups excluding carboxylic acids is 1. The van der Waals surface area contributed by atoms with E-state index in [4.69, 9.17) is 11.6 Å². The molecule has 0 atom stereocenters. The van der Waals surface area contributed by atoms with Crippen molar-refractivity contribution in [3.05, 3.63) is 70.9 Å². The highest BCUT2D eigenvalue weighted by atomic mass is 35.5. The highest BCUT2D eigenvalue weighted by Crippen LogP contribution is 2.27. The lowest BCUT2D eigenvalue weighted by Crippen LogP contribution is -2.27. The van der Waals surface area contributed by atoms with Gasteiger partial charge in [-0.2, -0.15) is 0 Å². The third kappa shape index (κ3) is 4.68. The quantitative estimate of drug-likeness (QED) is 0.581. The van der Waals surface area contributed by atoms with Gasteiger partial charge in [0.05, 0.1) is 5.52 Å². The molecule has 0 aliphatic carbocycles. The zero-order valence-electron chi connectivity index (χ0n) is 14.1. The van der Waals surface area contributed by atoms with Gasteiger partial charge in [-0.15, -0.1) is 13.2 Å². The molecule has 0 saturated heterocycles. The molecule has 0 aliphatic heterocycles. The fourth-order valence-corrected chi connectivity index (χ4v) is 2.79. The number of fused-ring (bicyclic) bond motifs is 1. The van der Waals surface area contributed by atoms with Crippen molar-refractivity contribution in [1.82, 2.24) is 9.88 Å². The lowest BCUT2D eigenvalue weighted by Gasteiger charge is -2.20. The number of benzene rings is 2. The maximum absolute atomic E-state index is 12.7. The second-order valence-electron chi connectivity index (χ2n) is 5.86. The molecule has 8 heteroatoms. The number of pyridine rings is 1. The van der Waals surface area contributed by atoms with Gasteiger partial charge in [-0.05, 0) is 36.4 Å². The van der Waals surface area contributed by atoms with Crippen molar-refractivity contribution in [2.24, 2.45) is 0 Å². The standard InChI is InChI=1S/C19H14ClF3N2O2/c1-25(11-14-4-2-3-5-16(14)27-19(21,22)23)18(26)13-6-8-15-12(10-13)7-9-17(20)24-15/h2-10H,11H2,1H3. The second-order valence-corrected chi connectivity index (χ2v) is 6.25. The smallest absolute Gasteiger partial charge is 0.405 e. The minimum Gasteiger partial charge on any atom is -0.405 e. The number of amides is 1. The summed E-state index contributed by atoms with van der Waals surface area (Å²) in [4.78, 5) is 18.1. The summed E-state index contributed by atoms with van der Waals surface area (Å²) in [6.07, 6.45) is -4.80. The molecule has 0 N–H and O–H groups in total. The number of halogens is 4. The maximum Gasteiger partial charge on any atom is 0.573 e. The van der Waals surface area contributed by atoms with E-state index in [1.807, 2.05) is 0 Å². The highest BCUT2D eigenvalue weighted by Gasteiger charge is 2.32. The Morgan fingerprint density at radius 3 is 2.63 bits per heavy atom. The average molecular weight is 395 g/mol. The molecular weight excluding hydrogens is 381 g/mol. The number of ether oxygens (including phenoxy) is 1. The lowest BCUT2D eigenvalue weighted by molar-refractivity contribution is -0.275. The number of hydrogen-bond donors (Lipinski definition) is 0. The van der Waals surface area contributed by atoms with Gasteiger partial charge in [0.25, 0.3) is 5.91 Å². The first kappa shape index (κ1) is 19.0. The Morgan fingerprint density at radius 2 is 1.89 bits per heavy atom. The summed E-state index contributed by atoms with van der Waals surface area (Å²) in [6.45, 7) is -0.0397. The average Bonchev–Trinajstić information content (AvgIpc) is 2.61. The number of carbonyl (C=O) groups is 1. The lowest BCUT2D eigenvalue weighted by atomic mass is 10.1. The van der Waals surface area contributed by atoms with Gasteiger partial charge in [-0.25, -0.2) is 4.98 Å². The summed E-state index contributed by atoms with van der Waals surface area (Å²) in [5.74, 6) is -0.671. The molecule has 0 bridgehead atoms. The summed E-state index contributed by atoms with van der Waals surface area (Å²) in [5, 5.41) is 1.08. The number of alkyl halides is 3. The minimum absolute atomic E-state index is 0.0397. The Labute approximate surface area is 158 Å². The Hall–Kier alpha value is -2.80.